The van der Waals surface area contributed by atoms with Crippen LogP contribution in [0.3, 0.4) is 0 Å². The summed E-state index contributed by atoms with van der Waals surface area (Å²) in [5.41, 5.74) is 6.47. The van der Waals surface area contributed by atoms with Crippen LogP contribution in [-0.2, 0) is 4.79 Å². The van der Waals surface area contributed by atoms with Crippen molar-refractivity contribution in [2.24, 2.45) is 5.73 Å². The van der Waals surface area contributed by atoms with Gasteiger partial charge in [-0.15, -0.1) is 0 Å². The molecule has 1 rings (SSSR count). The van der Waals surface area contributed by atoms with E-state index in [1.165, 1.54) is 12.1 Å². The third-order valence-electron chi connectivity index (χ3n) is 2.57. The summed E-state index contributed by atoms with van der Waals surface area (Å²) in [5.74, 6) is -0.354. The fourth-order valence-corrected chi connectivity index (χ4v) is 1.63. The summed E-state index contributed by atoms with van der Waals surface area (Å²) in [6.45, 7) is 7.12. The highest BCUT2D eigenvalue weighted by Crippen LogP contribution is 2.25. The van der Waals surface area contributed by atoms with Crippen LogP contribution in [0.1, 0.15) is 39.3 Å². The molecule has 1 amide bonds. The van der Waals surface area contributed by atoms with E-state index < -0.39 is 11.9 Å². The van der Waals surface area contributed by atoms with Gasteiger partial charge in [0.1, 0.15) is 11.6 Å². The zero-order chi connectivity index (χ0) is 14.6. The fraction of sp³-hybridized carbons (Fsp3) is 0.500. The van der Waals surface area contributed by atoms with Crippen LogP contribution in [0.4, 0.5) is 4.39 Å². The van der Waals surface area contributed by atoms with Crippen molar-refractivity contribution in [2.75, 3.05) is 0 Å². The number of carbonyl (C=O) groups excluding carboxylic acids is 1. The molecule has 0 spiro atoms. The van der Waals surface area contributed by atoms with E-state index in [1.807, 2.05) is 13.8 Å². The van der Waals surface area contributed by atoms with Crippen LogP contribution in [0.5, 0.6) is 5.75 Å². The second kappa shape index (κ2) is 6.52. The topological polar surface area (TPSA) is 64.3 Å². The highest BCUT2D eigenvalue weighted by Gasteiger charge is 2.18. The molecule has 0 heterocycles. The molecule has 0 saturated heterocycles. The monoisotopic (exact) mass is 268 g/mol. The van der Waals surface area contributed by atoms with E-state index in [4.69, 9.17) is 10.5 Å². The predicted molar refractivity (Wildman–Crippen MR) is 72.4 cm³/mol. The molecule has 0 bridgehead atoms. The summed E-state index contributed by atoms with van der Waals surface area (Å²) < 4.78 is 18.8. The van der Waals surface area contributed by atoms with Crippen LogP contribution in [0.2, 0.25) is 0 Å². The Bertz CT molecular complexity index is 447. The van der Waals surface area contributed by atoms with Gasteiger partial charge in [-0.1, -0.05) is 6.07 Å². The zero-order valence-corrected chi connectivity index (χ0v) is 11.7. The number of benzene rings is 1. The molecule has 0 aromatic heterocycles. The van der Waals surface area contributed by atoms with E-state index in [0.29, 0.717) is 11.3 Å². The van der Waals surface area contributed by atoms with Crippen molar-refractivity contribution in [2.45, 2.75) is 45.9 Å². The fourth-order valence-electron chi connectivity index (χ4n) is 1.63. The van der Waals surface area contributed by atoms with Crippen molar-refractivity contribution in [3.8, 4) is 5.75 Å². The van der Waals surface area contributed by atoms with Crippen LogP contribution in [-0.4, -0.2) is 18.1 Å². The van der Waals surface area contributed by atoms with Crippen molar-refractivity contribution in [3.63, 3.8) is 0 Å². The molecule has 2 atom stereocenters. The normalized spacial score (nSPS) is 14.1. The molecule has 106 valence electrons. The molecule has 1 aromatic rings. The number of carbonyl (C=O) groups is 1. The van der Waals surface area contributed by atoms with Gasteiger partial charge in [0.2, 0.25) is 0 Å². The Balaban J connectivity index is 2.86. The molecule has 1 unspecified atom stereocenters. The van der Waals surface area contributed by atoms with E-state index in [1.54, 1.807) is 19.9 Å². The van der Waals surface area contributed by atoms with Crippen molar-refractivity contribution >= 4 is 5.91 Å². The number of halogens is 1. The van der Waals surface area contributed by atoms with Gasteiger partial charge in [0.25, 0.3) is 5.91 Å². The maximum absolute atomic E-state index is 13.3. The number of hydrogen-bond acceptors (Lipinski definition) is 3. The van der Waals surface area contributed by atoms with Crippen molar-refractivity contribution in [1.82, 2.24) is 5.32 Å². The highest BCUT2D eigenvalue weighted by atomic mass is 19.1. The minimum atomic E-state index is -0.707. The Hall–Kier alpha value is -1.62. The molecule has 19 heavy (non-hydrogen) atoms. The first-order valence-corrected chi connectivity index (χ1v) is 6.33. The van der Waals surface area contributed by atoms with Crippen LogP contribution >= 0.6 is 0 Å². The Morgan fingerprint density at radius 1 is 1.32 bits per heavy atom. The standard InChI is InChI=1S/C14H21FN2O2/c1-8(2)17-14(18)10(4)19-13-7-11(15)5-6-12(13)9(3)16/h5-10H,16H2,1-4H3,(H,17,18)/t9-,10?/m0/s1. The van der Waals surface area contributed by atoms with Crippen LogP contribution in [0, 0.1) is 5.82 Å². The lowest BCUT2D eigenvalue weighted by molar-refractivity contribution is -0.127. The molecule has 5 heteroatoms. The third kappa shape index (κ3) is 4.52. The van der Waals surface area contributed by atoms with Gasteiger partial charge in [0, 0.05) is 23.7 Å². The smallest absolute Gasteiger partial charge is 0.260 e. The maximum Gasteiger partial charge on any atom is 0.260 e. The van der Waals surface area contributed by atoms with E-state index in [0.717, 1.165) is 0 Å². The van der Waals surface area contributed by atoms with Gasteiger partial charge in [-0.2, -0.15) is 0 Å². The molecule has 3 N–H and O–H groups in total. The van der Waals surface area contributed by atoms with Crippen molar-refractivity contribution in [3.05, 3.63) is 29.6 Å². The summed E-state index contributed by atoms with van der Waals surface area (Å²) in [4.78, 5) is 11.8. The van der Waals surface area contributed by atoms with Crippen LogP contribution in [0.15, 0.2) is 18.2 Å². The average molecular weight is 268 g/mol. The Kier molecular flexibility index (Phi) is 5.30. The summed E-state index contributed by atoms with van der Waals surface area (Å²) in [7, 11) is 0. The second-order valence-corrected chi connectivity index (χ2v) is 4.89. The van der Waals surface area contributed by atoms with Gasteiger partial charge in [-0.3, -0.25) is 4.79 Å². The molecular weight excluding hydrogens is 247 g/mol. The minimum absolute atomic E-state index is 0.0268. The third-order valence-corrected chi connectivity index (χ3v) is 2.57. The molecule has 1 aromatic carbocycles. The Morgan fingerprint density at radius 3 is 2.47 bits per heavy atom. The number of nitrogens with two attached hydrogens (primary N) is 1. The molecular formula is C14H21FN2O2. The van der Waals surface area contributed by atoms with Crippen molar-refractivity contribution < 1.29 is 13.9 Å². The lowest BCUT2D eigenvalue weighted by Crippen LogP contribution is -2.40. The first-order valence-electron chi connectivity index (χ1n) is 6.33. The van der Waals surface area contributed by atoms with E-state index >= 15 is 0 Å². The maximum atomic E-state index is 13.3. The first kappa shape index (κ1) is 15.4. The molecule has 0 radical (unpaired) electrons. The number of rotatable bonds is 5. The Labute approximate surface area is 113 Å². The second-order valence-electron chi connectivity index (χ2n) is 4.89. The van der Waals surface area contributed by atoms with Gasteiger partial charge in [-0.25, -0.2) is 4.39 Å². The predicted octanol–water partition coefficient (Wildman–Crippen LogP) is 2.14. The largest absolute Gasteiger partial charge is 0.480 e. The molecule has 0 aliphatic carbocycles. The van der Waals surface area contributed by atoms with Gasteiger partial charge in [0.05, 0.1) is 0 Å². The average Bonchev–Trinajstić information content (AvgIpc) is 2.27. The molecule has 0 aliphatic heterocycles. The van der Waals surface area contributed by atoms with Gasteiger partial charge < -0.3 is 15.8 Å². The Morgan fingerprint density at radius 2 is 1.95 bits per heavy atom. The summed E-state index contributed by atoms with van der Waals surface area (Å²) >= 11 is 0. The minimum Gasteiger partial charge on any atom is -0.480 e. The summed E-state index contributed by atoms with van der Waals surface area (Å²) in [6.07, 6.45) is -0.707. The number of amides is 1. The van der Waals surface area contributed by atoms with Crippen LogP contribution < -0.4 is 15.8 Å². The van der Waals surface area contributed by atoms with Gasteiger partial charge >= 0.3 is 0 Å². The van der Waals surface area contributed by atoms with Crippen molar-refractivity contribution in [1.29, 1.82) is 0 Å². The lowest BCUT2D eigenvalue weighted by Gasteiger charge is -2.19. The first-order chi connectivity index (χ1) is 8.81. The van der Waals surface area contributed by atoms with Crippen LogP contribution in [0.25, 0.3) is 0 Å². The molecule has 0 saturated carbocycles. The van der Waals surface area contributed by atoms with E-state index in [2.05, 4.69) is 5.32 Å². The number of nitrogens with one attached hydrogen (secondary N) is 1. The SMILES string of the molecule is CC(C)NC(=O)C(C)Oc1cc(F)ccc1[C@H](C)N. The highest BCUT2D eigenvalue weighted by molar-refractivity contribution is 5.80. The number of ether oxygens (including phenoxy) is 1. The van der Waals surface area contributed by atoms with Gasteiger partial charge in [-0.05, 0) is 33.8 Å². The quantitative estimate of drug-likeness (QED) is 0.860. The lowest BCUT2D eigenvalue weighted by atomic mass is 10.1. The zero-order valence-electron chi connectivity index (χ0n) is 11.7. The number of hydrogen-bond donors (Lipinski definition) is 2. The molecule has 0 aliphatic rings. The molecule has 0 fully saturated rings. The van der Waals surface area contributed by atoms with Gasteiger partial charge in [0.15, 0.2) is 6.10 Å². The summed E-state index contributed by atoms with van der Waals surface area (Å²) in [5, 5.41) is 2.74. The summed E-state index contributed by atoms with van der Waals surface area (Å²) in [6, 6.07) is 3.87. The van der Waals surface area contributed by atoms with E-state index in [-0.39, 0.29) is 18.0 Å². The molecule has 4 nitrogen and oxygen atoms in total. The van der Waals surface area contributed by atoms with E-state index in [9.17, 15) is 9.18 Å².